The van der Waals surface area contributed by atoms with Crippen molar-refractivity contribution in [2.45, 2.75) is 20.3 Å². The minimum Gasteiger partial charge on any atom is -0.326 e. The average molecular weight is 423 g/mol. The molecule has 1 saturated heterocycles. The van der Waals surface area contributed by atoms with Gasteiger partial charge in [0.05, 0.1) is 4.91 Å². The van der Waals surface area contributed by atoms with Gasteiger partial charge in [0, 0.05) is 18.7 Å². The number of carbonyl (C=O) groups excluding carboxylic acids is 2. The van der Waals surface area contributed by atoms with Gasteiger partial charge in [0.15, 0.2) is 0 Å². The van der Waals surface area contributed by atoms with Gasteiger partial charge in [-0.1, -0.05) is 78.1 Å². The Hall–Kier alpha value is -2.70. The van der Waals surface area contributed by atoms with Gasteiger partial charge in [0.2, 0.25) is 5.91 Å². The monoisotopic (exact) mass is 422 g/mol. The first-order valence-corrected chi connectivity index (χ1v) is 10.5. The van der Waals surface area contributed by atoms with E-state index in [-0.39, 0.29) is 24.8 Å². The molecule has 3 rings (SSSR count). The minimum absolute atomic E-state index is 0.146. The van der Waals surface area contributed by atoms with Gasteiger partial charge in [-0.25, -0.2) is 0 Å². The van der Waals surface area contributed by atoms with Gasteiger partial charge >= 0.3 is 0 Å². The lowest BCUT2D eigenvalue weighted by atomic mass is 10.1. The number of nitrogens with zero attached hydrogens (tertiary/aromatic N) is 1. The third-order valence-electron chi connectivity index (χ3n) is 4.32. The van der Waals surface area contributed by atoms with Gasteiger partial charge in [0.1, 0.15) is 4.32 Å². The molecule has 0 saturated carbocycles. The predicted octanol–water partition coefficient (Wildman–Crippen LogP) is 5.17. The van der Waals surface area contributed by atoms with E-state index >= 15 is 0 Å². The Bertz CT molecular complexity index is 980. The van der Waals surface area contributed by atoms with Crippen LogP contribution >= 0.6 is 24.0 Å². The van der Waals surface area contributed by atoms with Crippen molar-refractivity contribution in [3.8, 4) is 0 Å². The van der Waals surface area contributed by atoms with E-state index in [0.29, 0.717) is 9.23 Å². The maximum absolute atomic E-state index is 12.7. The third kappa shape index (κ3) is 5.89. The van der Waals surface area contributed by atoms with E-state index in [0.717, 1.165) is 22.4 Å². The summed E-state index contributed by atoms with van der Waals surface area (Å²) in [4.78, 5) is 27.0. The van der Waals surface area contributed by atoms with Crippen molar-refractivity contribution in [1.29, 1.82) is 0 Å². The number of aryl methyl sites for hydroxylation is 1. The quantitative estimate of drug-likeness (QED) is 0.515. The number of nitrogens with one attached hydrogen (secondary N) is 1. The SMILES string of the molecule is CC(=Cc1ccccc1)C=C1SC(=S)N(CCC(=O)Nc2ccc(C)cc2)C1=O. The lowest BCUT2D eigenvalue weighted by molar-refractivity contribution is -0.122. The van der Waals surface area contributed by atoms with Crippen LogP contribution in [-0.2, 0) is 9.59 Å². The second-order valence-electron chi connectivity index (χ2n) is 6.80. The normalized spacial score (nSPS) is 15.9. The van der Waals surface area contributed by atoms with Gasteiger partial charge in [-0.05, 0) is 43.2 Å². The Morgan fingerprint density at radius 3 is 2.52 bits per heavy atom. The topological polar surface area (TPSA) is 49.4 Å². The van der Waals surface area contributed by atoms with Crippen LogP contribution < -0.4 is 5.32 Å². The summed E-state index contributed by atoms with van der Waals surface area (Å²) in [5, 5.41) is 2.84. The molecule has 0 aliphatic carbocycles. The molecule has 0 atom stereocenters. The number of amides is 2. The summed E-state index contributed by atoms with van der Waals surface area (Å²) in [6.45, 7) is 4.21. The molecule has 0 bridgehead atoms. The van der Waals surface area contributed by atoms with E-state index in [9.17, 15) is 9.59 Å². The molecule has 148 valence electrons. The first kappa shape index (κ1) is 21.0. The maximum atomic E-state index is 12.7. The van der Waals surface area contributed by atoms with E-state index in [1.165, 1.54) is 16.7 Å². The van der Waals surface area contributed by atoms with Crippen LogP contribution in [0.2, 0.25) is 0 Å². The molecule has 0 radical (unpaired) electrons. The molecule has 29 heavy (non-hydrogen) atoms. The number of allylic oxidation sites excluding steroid dienone is 2. The highest BCUT2D eigenvalue weighted by molar-refractivity contribution is 8.26. The number of carbonyl (C=O) groups is 2. The van der Waals surface area contributed by atoms with E-state index in [1.807, 2.05) is 80.6 Å². The molecule has 1 N–H and O–H groups in total. The molecule has 0 spiro atoms. The highest BCUT2D eigenvalue weighted by Gasteiger charge is 2.32. The third-order valence-corrected chi connectivity index (χ3v) is 5.70. The zero-order valence-corrected chi connectivity index (χ0v) is 18.0. The van der Waals surface area contributed by atoms with Crippen LogP contribution in [0.5, 0.6) is 0 Å². The Morgan fingerprint density at radius 2 is 1.83 bits per heavy atom. The first-order chi connectivity index (χ1) is 13.9. The number of benzene rings is 2. The molecule has 0 aromatic heterocycles. The van der Waals surface area contributed by atoms with E-state index < -0.39 is 0 Å². The summed E-state index contributed by atoms with van der Waals surface area (Å²) in [5.41, 5.74) is 3.91. The van der Waals surface area contributed by atoms with Crippen LogP contribution in [0, 0.1) is 6.92 Å². The summed E-state index contributed by atoms with van der Waals surface area (Å²) in [5.74, 6) is -0.295. The smallest absolute Gasteiger partial charge is 0.266 e. The van der Waals surface area contributed by atoms with Crippen molar-refractivity contribution in [2.24, 2.45) is 0 Å². The predicted molar refractivity (Wildman–Crippen MR) is 125 cm³/mol. The Labute approximate surface area is 180 Å². The second kappa shape index (κ2) is 9.67. The zero-order chi connectivity index (χ0) is 20.8. The number of hydrogen-bond acceptors (Lipinski definition) is 4. The molecular formula is C23H22N2O2S2. The fourth-order valence-corrected chi connectivity index (χ4v) is 4.19. The molecule has 0 unspecified atom stereocenters. The molecule has 1 heterocycles. The number of thioether (sulfide) groups is 1. The van der Waals surface area contributed by atoms with Crippen LogP contribution in [0.3, 0.4) is 0 Å². The fourth-order valence-electron chi connectivity index (χ4n) is 2.83. The summed E-state index contributed by atoms with van der Waals surface area (Å²) in [6, 6.07) is 17.5. The molecule has 2 amide bonds. The Morgan fingerprint density at radius 1 is 1.14 bits per heavy atom. The van der Waals surface area contributed by atoms with Gasteiger partial charge in [-0.3, -0.25) is 14.5 Å². The van der Waals surface area contributed by atoms with Gasteiger partial charge in [-0.15, -0.1) is 0 Å². The second-order valence-corrected chi connectivity index (χ2v) is 8.47. The molecule has 6 heteroatoms. The Kier molecular flexibility index (Phi) is 7.01. The molecule has 4 nitrogen and oxygen atoms in total. The van der Waals surface area contributed by atoms with Crippen LogP contribution in [0.1, 0.15) is 24.5 Å². The van der Waals surface area contributed by atoms with Crippen LogP contribution in [0.4, 0.5) is 5.69 Å². The number of thiocarbonyl (C=S) groups is 1. The van der Waals surface area contributed by atoms with Gasteiger partial charge in [0.25, 0.3) is 5.91 Å². The largest absolute Gasteiger partial charge is 0.326 e. The average Bonchev–Trinajstić information content (AvgIpc) is 2.95. The summed E-state index contributed by atoms with van der Waals surface area (Å²) < 4.78 is 0.483. The summed E-state index contributed by atoms with van der Waals surface area (Å²) >= 11 is 6.62. The number of rotatable bonds is 6. The number of hydrogen-bond donors (Lipinski definition) is 1. The highest BCUT2D eigenvalue weighted by Crippen LogP contribution is 2.32. The summed E-state index contributed by atoms with van der Waals surface area (Å²) in [7, 11) is 0. The highest BCUT2D eigenvalue weighted by atomic mass is 32.2. The zero-order valence-electron chi connectivity index (χ0n) is 16.3. The van der Waals surface area contributed by atoms with Crippen molar-refractivity contribution in [3.05, 3.63) is 82.3 Å². The van der Waals surface area contributed by atoms with E-state index in [1.54, 1.807) is 0 Å². The molecular weight excluding hydrogens is 400 g/mol. The molecule has 2 aromatic rings. The van der Waals surface area contributed by atoms with Crippen LogP contribution in [0.25, 0.3) is 6.08 Å². The molecule has 2 aromatic carbocycles. The van der Waals surface area contributed by atoms with Crippen LogP contribution in [-0.4, -0.2) is 27.6 Å². The molecule has 1 aliphatic rings. The lowest BCUT2D eigenvalue weighted by Crippen LogP contribution is -2.31. The molecule has 1 aliphatic heterocycles. The summed E-state index contributed by atoms with van der Waals surface area (Å²) in [6.07, 6.45) is 4.05. The van der Waals surface area contributed by atoms with Crippen molar-refractivity contribution >= 4 is 51.9 Å². The van der Waals surface area contributed by atoms with Crippen molar-refractivity contribution in [1.82, 2.24) is 4.90 Å². The first-order valence-electron chi connectivity index (χ1n) is 9.27. The standard InChI is InChI=1S/C23H22N2O2S2/c1-16-8-10-19(11-9-16)24-21(26)12-13-25-22(27)20(29-23(25)28)15-17(2)14-18-6-4-3-5-7-18/h3-11,14-15H,12-13H2,1-2H3,(H,24,26). The lowest BCUT2D eigenvalue weighted by Gasteiger charge is -2.14. The van der Waals surface area contributed by atoms with Crippen LogP contribution in [0.15, 0.2) is 71.2 Å². The fraction of sp³-hybridized carbons (Fsp3) is 0.174. The maximum Gasteiger partial charge on any atom is 0.266 e. The van der Waals surface area contributed by atoms with Crippen molar-refractivity contribution in [3.63, 3.8) is 0 Å². The van der Waals surface area contributed by atoms with Gasteiger partial charge in [-0.2, -0.15) is 0 Å². The minimum atomic E-state index is -0.149. The van der Waals surface area contributed by atoms with E-state index in [4.69, 9.17) is 12.2 Å². The molecule has 1 fully saturated rings. The van der Waals surface area contributed by atoms with Gasteiger partial charge < -0.3 is 5.32 Å². The Balaban J connectivity index is 1.59. The number of anilines is 1. The van der Waals surface area contributed by atoms with Crippen molar-refractivity contribution in [2.75, 3.05) is 11.9 Å². The van der Waals surface area contributed by atoms with E-state index in [2.05, 4.69) is 5.32 Å². The van der Waals surface area contributed by atoms with Crippen molar-refractivity contribution < 1.29 is 9.59 Å².